The molecule has 0 aliphatic heterocycles. The fourth-order valence-electron chi connectivity index (χ4n) is 1.66. The Morgan fingerprint density at radius 2 is 2.00 bits per heavy atom. The summed E-state index contributed by atoms with van der Waals surface area (Å²) in [4.78, 5) is 22.2. The minimum atomic E-state index is -0.327. The molecule has 0 fully saturated rings. The third-order valence-electron chi connectivity index (χ3n) is 2.74. The van der Waals surface area contributed by atoms with Crippen molar-refractivity contribution in [3.05, 3.63) is 59.7 Å². The molecule has 0 amide bonds. The molecule has 0 heterocycles. The van der Waals surface area contributed by atoms with E-state index < -0.39 is 0 Å². The van der Waals surface area contributed by atoms with Crippen molar-refractivity contribution >= 4 is 12.3 Å². The van der Waals surface area contributed by atoms with Crippen molar-refractivity contribution in [1.29, 1.82) is 0 Å². The number of rotatable bonds is 8. The maximum Gasteiger partial charge on any atom is 0.338 e. The summed E-state index contributed by atoms with van der Waals surface area (Å²) in [5.74, 6) is -0.327. The normalized spacial score (nSPS) is 11.6. The summed E-state index contributed by atoms with van der Waals surface area (Å²) >= 11 is 0. The minimum absolute atomic E-state index is 0.261. The molecule has 3 heteroatoms. The van der Waals surface area contributed by atoms with Crippen LogP contribution in [-0.2, 0) is 9.53 Å². The van der Waals surface area contributed by atoms with Crippen molar-refractivity contribution in [2.45, 2.75) is 26.2 Å². The van der Waals surface area contributed by atoms with Crippen LogP contribution in [0.2, 0.25) is 0 Å². The quantitative estimate of drug-likeness (QED) is 0.313. The van der Waals surface area contributed by atoms with Crippen LogP contribution in [0, 0.1) is 0 Å². The molecule has 1 aromatic rings. The van der Waals surface area contributed by atoms with Gasteiger partial charge < -0.3 is 9.53 Å². The Kier molecular flexibility index (Phi) is 7.73. The van der Waals surface area contributed by atoms with Crippen molar-refractivity contribution < 1.29 is 14.3 Å². The number of carbonyl (C=O) groups is 2. The van der Waals surface area contributed by atoms with Crippen LogP contribution in [-0.4, -0.2) is 18.9 Å². The van der Waals surface area contributed by atoms with Gasteiger partial charge >= 0.3 is 5.97 Å². The van der Waals surface area contributed by atoms with E-state index in [-0.39, 0.29) is 12.6 Å². The molecule has 0 aliphatic rings. The summed E-state index contributed by atoms with van der Waals surface area (Å²) in [7, 11) is 0. The largest absolute Gasteiger partial charge is 0.458 e. The van der Waals surface area contributed by atoms with Crippen LogP contribution in [0.4, 0.5) is 0 Å². The first kappa shape index (κ1) is 15.9. The first-order chi connectivity index (χ1) is 9.77. The number of aldehydes is 1. The first-order valence-electron chi connectivity index (χ1n) is 6.74. The topological polar surface area (TPSA) is 43.4 Å². The van der Waals surface area contributed by atoms with Crippen LogP contribution in [0.5, 0.6) is 0 Å². The van der Waals surface area contributed by atoms with Gasteiger partial charge in [0.05, 0.1) is 5.56 Å². The van der Waals surface area contributed by atoms with Gasteiger partial charge in [-0.1, -0.05) is 36.4 Å². The zero-order valence-electron chi connectivity index (χ0n) is 11.7. The van der Waals surface area contributed by atoms with E-state index >= 15 is 0 Å². The van der Waals surface area contributed by atoms with E-state index in [0.29, 0.717) is 12.0 Å². The van der Waals surface area contributed by atoms with Gasteiger partial charge in [-0.25, -0.2) is 4.79 Å². The van der Waals surface area contributed by atoms with Gasteiger partial charge in [0.2, 0.25) is 0 Å². The first-order valence-corrected chi connectivity index (χ1v) is 6.74. The van der Waals surface area contributed by atoms with E-state index in [1.54, 1.807) is 24.3 Å². The third-order valence-corrected chi connectivity index (χ3v) is 2.74. The summed E-state index contributed by atoms with van der Waals surface area (Å²) in [5, 5.41) is 0. The molecule has 0 unspecified atom stereocenters. The second-order valence-corrected chi connectivity index (χ2v) is 4.35. The second-order valence-electron chi connectivity index (χ2n) is 4.35. The number of benzene rings is 1. The van der Waals surface area contributed by atoms with E-state index in [9.17, 15) is 9.59 Å². The molecule has 0 bridgehead atoms. The third kappa shape index (κ3) is 6.14. The van der Waals surface area contributed by atoms with Gasteiger partial charge in [-0.05, 0) is 37.5 Å². The predicted molar refractivity (Wildman–Crippen MR) is 79.5 cm³/mol. The van der Waals surface area contributed by atoms with Gasteiger partial charge in [-0.3, -0.25) is 0 Å². The van der Waals surface area contributed by atoms with Crippen LogP contribution in [0.25, 0.3) is 0 Å². The summed E-state index contributed by atoms with van der Waals surface area (Å²) in [5.41, 5.74) is 1.56. The molecule has 0 aliphatic carbocycles. The minimum Gasteiger partial charge on any atom is -0.458 e. The zero-order chi connectivity index (χ0) is 14.6. The molecule has 0 saturated carbocycles. The van der Waals surface area contributed by atoms with E-state index in [0.717, 1.165) is 24.7 Å². The fourth-order valence-corrected chi connectivity index (χ4v) is 1.66. The number of carbonyl (C=O) groups excluding carboxylic acids is 2. The van der Waals surface area contributed by atoms with Crippen LogP contribution < -0.4 is 0 Å². The molecule has 106 valence electrons. The highest BCUT2D eigenvalue weighted by molar-refractivity contribution is 5.89. The molecular formula is C17H20O3. The van der Waals surface area contributed by atoms with Crippen LogP contribution in [0.15, 0.2) is 54.1 Å². The lowest BCUT2D eigenvalue weighted by Crippen LogP contribution is -2.08. The summed E-state index contributed by atoms with van der Waals surface area (Å²) in [6.07, 6.45) is 8.72. The Morgan fingerprint density at radius 3 is 2.65 bits per heavy atom. The lowest BCUT2D eigenvalue weighted by Gasteiger charge is -2.08. The van der Waals surface area contributed by atoms with Crippen molar-refractivity contribution in [2.75, 3.05) is 6.61 Å². The standard InChI is InChI=1S/C17H20O3/c1-2-3-9-15(10-7-8-13-18)14-20-17(19)16-11-5-4-6-12-16/h2-6,9,11-13H,7-8,10,14H2,1H3/b3-2+,15-9-. The number of esters is 1. The lowest BCUT2D eigenvalue weighted by molar-refractivity contribution is -0.107. The summed E-state index contributed by atoms with van der Waals surface area (Å²) in [6, 6.07) is 8.91. The molecule has 0 atom stereocenters. The Labute approximate surface area is 120 Å². The number of allylic oxidation sites excluding steroid dienone is 3. The Morgan fingerprint density at radius 1 is 1.25 bits per heavy atom. The maximum absolute atomic E-state index is 11.8. The van der Waals surface area contributed by atoms with Gasteiger partial charge in [0.15, 0.2) is 0 Å². The van der Waals surface area contributed by atoms with Crippen LogP contribution in [0.3, 0.4) is 0 Å². The van der Waals surface area contributed by atoms with E-state index in [1.165, 1.54) is 0 Å². The maximum atomic E-state index is 11.8. The number of unbranched alkanes of at least 4 members (excludes halogenated alkanes) is 1. The van der Waals surface area contributed by atoms with Crippen molar-refractivity contribution in [1.82, 2.24) is 0 Å². The van der Waals surface area contributed by atoms with Gasteiger partial charge in [-0.15, -0.1) is 0 Å². The van der Waals surface area contributed by atoms with Gasteiger partial charge in [0.1, 0.15) is 12.9 Å². The molecule has 20 heavy (non-hydrogen) atoms. The molecule has 0 aromatic heterocycles. The number of ether oxygens (including phenoxy) is 1. The number of hydrogen-bond acceptors (Lipinski definition) is 3. The second kappa shape index (κ2) is 9.73. The molecular weight excluding hydrogens is 252 g/mol. The predicted octanol–water partition coefficient (Wildman–Crippen LogP) is 3.72. The zero-order valence-corrected chi connectivity index (χ0v) is 11.7. The Hall–Kier alpha value is -2.16. The number of hydrogen-bond donors (Lipinski definition) is 0. The highest BCUT2D eigenvalue weighted by atomic mass is 16.5. The molecule has 1 rings (SSSR count). The molecule has 0 saturated heterocycles. The SMILES string of the molecule is C/C=C/C=C(/CCCC=O)COC(=O)c1ccccc1. The monoisotopic (exact) mass is 272 g/mol. The van der Waals surface area contributed by atoms with Gasteiger partial charge in [0, 0.05) is 6.42 Å². The van der Waals surface area contributed by atoms with Gasteiger partial charge in [-0.2, -0.15) is 0 Å². The highest BCUT2D eigenvalue weighted by Crippen LogP contribution is 2.10. The summed E-state index contributed by atoms with van der Waals surface area (Å²) < 4.78 is 5.29. The van der Waals surface area contributed by atoms with E-state index in [1.807, 2.05) is 31.2 Å². The van der Waals surface area contributed by atoms with Crippen molar-refractivity contribution in [3.63, 3.8) is 0 Å². The Balaban J connectivity index is 2.53. The van der Waals surface area contributed by atoms with Crippen LogP contribution in [0.1, 0.15) is 36.5 Å². The van der Waals surface area contributed by atoms with Crippen molar-refractivity contribution in [2.24, 2.45) is 0 Å². The van der Waals surface area contributed by atoms with Crippen LogP contribution >= 0.6 is 0 Å². The summed E-state index contributed by atoms with van der Waals surface area (Å²) in [6.45, 7) is 2.19. The average molecular weight is 272 g/mol. The average Bonchev–Trinajstić information content (AvgIpc) is 2.50. The molecule has 3 nitrogen and oxygen atoms in total. The lowest BCUT2D eigenvalue weighted by atomic mass is 10.1. The van der Waals surface area contributed by atoms with E-state index in [4.69, 9.17) is 4.74 Å². The van der Waals surface area contributed by atoms with Gasteiger partial charge in [0.25, 0.3) is 0 Å². The molecule has 0 N–H and O–H groups in total. The fraction of sp³-hybridized carbons (Fsp3) is 0.294. The molecule has 0 spiro atoms. The van der Waals surface area contributed by atoms with E-state index in [2.05, 4.69) is 0 Å². The smallest absolute Gasteiger partial charge is 0.338 e. The van der Waals surface area contributed by atoms with Crippen molar-refractivity contribution in [3.8, 4) is 0 Å². The Bertz CT molecular complexity index is 472. The highest BCUT2D eigenvalue weighted by Gasteiger charge is 2.07. The molecule has 0 radical (unpaired) electrons. The molecule has 1 aromatic carbocycles.